The molecule has 1 amide bonds. The molecule has 34 heavy (non-hydrogen) atoms. The SMILES string of the molecule is O=C(CCc1ncc(-c2ccccc2Cl)o1)Nc1cc(-c2nnc3n2CCCCC3)ccc1F. The topological polar surface area (TPSA) is 85.8 Å². The molecule has 7 nitrogen and oxygen atoms in total. The van der Waals surface area contributed by atoms with Gasteiger partial charge in [0.2, 0.25) is 5.91 Å². The summed E-state index contributed by atoms with van der Waals surface area (Å²) >= 11 is 6.20. The second kappa shape index (κ2) is 9.77. The van der Waals surface area contributed by atoms with Gasteiger partial charge in [0, 0.05) is 36.9 Å². The van der Waals surface area contributed by atoms with Gasteiger partial charge in [-0.1, -0.05) is 30.2 Å². The summed E-state index contributed by atoms with van der Waals surface area (Å²) in [6.07, 6.45) is 6.13. The molecule has 2 aromatic carbocycles. The van der Waals surface area contributed by atoms with Crippen molar-refractivity contribution in [3.8, 4) is 22.7 Å². The predicted molar refractivity (Wildman–Crippen MR) is 127 cm³/mol. The molecule has 3 heterocycles. The molecule has 0 aliphatic carbocycles. The van der Waals surface area contributed by atoms with E-state index in [1.807, 2.05) is 18.2 Å². The van der Waals surface area contributed by atoms with Gasteiger partial charge < -0.3 is 14.3 Å². The van der Waals surface area contributed by atoms with E-state index < -0.39 is 5.82 Å². The summed E-state index contributed by atoms with van der Waals surface area (Å²) in [6.45, 7) is 0.836. The van der Waals surface area contributed by atoms with E-state index >= 15 is 0 Å². The molecule has 1 aliphatic rings. The molecule has 4 aromatic rings. The number of hydrogen-bond donors (Lipinski definition) is 1. The van der Waals surface area contributed by atoms with Crippen LogP contribution in [0.4, 0.5) is 10.1 Å². The lowest BCUT2D eigenvalue weighted by Crippen LogP contribution is -2.13. The molecule has 0 atom stereocenters. The van der Waals surface area contributed by atoms with E-state index in [2.05, 4.69) is 25.1 Å². The van der Waals surface area contributed by atoms with Crippen molar-refractivity contribution in [2.45, 2.75) is 45.1 Å². The maximum Gasteiger partial charge on any atom is 0.224 e. The fourth-order valence-electron chi connectivity index (χ4n) is 4.10. The fraction of sp³-hybridized carbons (Fsp3) is 0.280. The largest absolute Gasteiger partial charge is 0.441 e. The number of hydrogen-bond acceptors (Lipinski definition) is 5. The second-order valence-electron chi connectivity index (χ2n) is 8.24. The summed E-state index contributed by atoms with van der Waals surface area (Å²) < 4.78 is 22.3. The van der Waals surface area contributed by atoms with Crippen molar-refractivity contribution in [1.29, 1.82) is 0 Å². The third-order valence-electron chi connectivity index (χ3n) is 5.87. The normalized spacial score (nSPS) is 13.4. The molecule has 174 valence electrons. The van der Waals surface area contributed by atoms with E-state index in [1.54, 1.807) is 24.4 Å². The van der Waals surface area contributed by atoms with E-state index in [-0.39, 0.29) is 24.4 Å². The molecule has 0 fully saturated rings. The Morgan fingerprint density at radius 3 is 2.91 bits per heavy atom. The van der Waals surface area contributed by atoms with Gasteiger partial charge in [-0.3, -0.25) is 4.79 Å². The maximum absolute atomic E-state index is 14.5. The first kappa shape index (κ1) is 22.3. The number of rotatable bonds is 6. The van der Waals surface area contributed by atoms with Gasteiger partial charge in [0.15, 0.2) is 17.5 Å². The summed E-state index contributed by atoms with van der Waals surface area (Å²) in [5.41, 5.74) is 1.56. The number of benzene rings is 2. The smallest absolute Gasteiger partial charge is 0.224 e. The van der Waals surface area contributed by atoms with Gasteiger partial charge in [-0.25, -0.2) is 9.37 Å². The summed E-state index contributed by atoms with van der Waals surface area (Å²) in [6, 6.07) is 11.9. The number of fused-ring (bicyclic) bond motifs is 1. The molecule has 1 N–H and O–H groups in total. The summed E-state index contributed by atoms with van der Waals surface area (Å²) in [5.74, 6) is 1.74. The van der Waals surface area contributed by atoms with Gasteiger partial charge >= 0.3 is 0 Å². The Balaban J connectivity index is 1.26. The Bertz CT molecular complexity index is 1330. The van der Waals surface area contributed by atoms with Gasteiger partial charge in [-0.15, -0.1) is 10.2 Å². The minimum absolute atomic E-state index is 0.0898. The molecule has 2 aromatic heterocycles. The monoisotopic (exact) mass is 479 g/mol. The third kappa shape index (κ3) is 4.72. The average Bonchev–Trinajstić information content (AvgIpc) is 3.40. The van der Waals surface area contributed by atoms with Crippen LogP contribution in [-0.2, 0) is 24.2 Å². The Morgan fingerprint density at radius 1 is 1.15 bits per heavy atom. The zero-order chi connectivity index (χ0) is 23.5. The van der Waals surface area contributed by atoms with Crippen LogP contribution in [0, 0.1) is 5.82 Å². The van der Waals surface area contributed by atoms with Crippen LogP contribution in [0.25, 0.3) is 22.7 Å². The minimum Gasteiger partial charge on any atom is -0.441 e. The number of amides is 1. The van der Waals surface area contributed by atoms with E-state index in [1.165, 1.54) is 6.07 Å². The second-order valence-corrected chi connectivity index (χ2v) is 8.65. The first-order valence-corrected chi connectivity index (χ1v) is 11.7. The molecule has 1 aliphatic heterocycles. The van der Waals surface area contributed by atoms with Gasteiger partial charge in [0.05, 0.1) is 16.9 Å². The summed E-state index contributed by atoms with van der Waals surface area (Å²) in [7, 11) is 0. The van der Waals surface area contributed by atoms with Crippen molar-refractivity contribution in [2.75, 3.05) is 5.32 Å². The Kier molecular flexibility index (Phi) is 6.40. The third-order valence-corrected chi connectivity index (χ3v) is 6.20. The zero-order valence-corrected chi connectivity index (χ0v) is 19.2. The highest BCUT2D eigenvalue weighted by Gasteiger charge is 2.18. The minimum atomic E-state index is -0.509. The van der Waals surface area contributed by atoms with Crippen LogP contribution in [-0.4, -0.2) is 25.7 Å². The van der Waals surface area contributed by atoms with Crippen LogP contribution in [0.2, 0.25) is 5.02 Å². The quantitative estimate of drug-likeness (QED) is 0.384. The van der Waals surface area contributed by atoms with E-state index in [4.69, 9.17) is 16.0 Å². The Morgan fingerprint density at radius 2 is 2.03 bits per heavy atom. The van der Waals surface area contributed by atoms with Crippen molar-refractivity contribution in [2.24, 2.45) is 0 Å². The lowest BCUT2D eigenvalue weighted by atomic mass is 10.1. The number of carbonyl (C=O) groups excluding carboxylic acids is 1. The van der Waals surface area contributed by atoms with Crippen molar-refractivity contribution in [3.63, 3.8) is 0 Å². The standard InChI is InChI=1S/C25H23ClFN5O2/c26-18-7-4-3-6-17(18)21-15-28-24(34-21)12-11-23(33)29-20-14-16(9-10-19(20)27)25-31-30-22-8-2-1-5-13-32(22)25/h3-4,6-7,9-10,14-15H,1-2,5,8,11-13H2,(H,29,33). The van der Waals surface area contributed by atoms with Crippen molar-refractivity contribution in [1.82, 2.24) is 19.7 Å². The molecule has 0 saturated carbocycles. The van der Waals surface area contributed by atoms with Crippen LogP contribution in [0.5, 0.6) is 0 Å². The molecule has 0 radical (unpaired) electrons. The van der Waals surface area contributed by atoms with E-state index in [0.29, 0.717) is 22.5 Å². The Hall–Kier alpha value is -3.52. The maximum atomic E-state index is 14.5. The first-order valence-electron chi connectivity index (χ1n) is 11.3. The fourth-order valence-corrected chi connectivity index (χ4v) is 4.33. The molecular formula is C25H23ClFN5O2. The number of aryl methyl sites for hydroxylation is 2. The van der Waals surface area contributed by atoms with Crippen LogP contribution in [0.1, 0.15) is 37.4 Å². The van der Waals surface area contributed by atoms with E-state index in [0.717, 1.165) is 49.2 Å². The van der Waals surface area contributed by atoms with Crippen LogP contribution >= 0.6 is 11.6 Å². The first-order chi connectivity index (χ1) is 16.6. The summed E-state index contributed by atoms with van der Waals surface area (Å²) in [4.78, 5) is 16.8. The van der Waals surface area contributed by atoms with Gasteiger partial charge in [0.1, 0.15) is 11.6 Å². The lowest BCUT2D eigenvalue weighted by molar-refractivity contribution is -0.116. The number of halogens is 2. The number of carbonyl (C=O) groups is 1. The van der Waals surface area contributed by atoms with Crippen molar-refractivity contribution in [3.05, 3.63) is 71.2 Å². The molecule has 0 saturated heterocycles. The van der Waals surface area contributed by atoms with E-state index in [9.17, 15) is 9.18 Å². The number of oxazole rings is 1. The van der Waals surface area contributed by atoms with Crippen LogP contribution in [0.3, 0.4) is 0 Å². The number of nitrogens with one attached hydrogen (secondary N) is 1. The van der Waals surface area contributed by atoms with Crippen molar-refractivity contribution < 1.29 is 13.6 Å². The van der Waals surface area contributed by atoms with Crippen LogP contribution < -0.4 is 5.32 Å². The lowest BCUT2D eigenvalue weighted by Gasteiger charge is -2.10. The molecule has 0 bridgehead atoms. The predicted octanol–water partition coefficient (Wildman–Crippen LogP) is 5.69. The highest BCUT2D eigenvalue weighted by Crippen LogP contribution is 2.29. The number of anilines is 1. The van der Waals surface area contributed by atoms with Gasteiger partial charge in [-0.05, 0) is 43.2 Å². The summed E-state index contributed by atoms with van der Waals surface area (Å²) in [5, 5.41) is 11.8. The molecule has 0 spiro atoms. The Labute approximate surface area is 201 Å². The number of aromatic nitrogens is 4. The van der Waals surface area contributed by atoms with Crippen LogP contribution in [0.15, 0.2) is 53.1 Å². The number of nitrogens with zero attached hydrogens (tertiary/aromatic N) is 4. The van der Waals surface area contributed by atoms with Crippen molar-refractivity contribution >= 4 is 23.2 Å². The zero-order valence-electron chi connectivity index (χ0n) is 18.4. The van der Waals surface area contributed by atoms with Gasteiger partial charge in [0.25, 0.3) is 0 Å². The average molecular weight is 480 g/mol. The van der Waals surface area contributed by atoms with Gasteiger partial charge in [-0.2, -0.15) is 0 Å². The highest BCUT2D eigenvalue weighted by atomic mass is 35.5. The molecule has 5 rings (SSSR count). The highest BCUT2D eigenvalue weighted by molar-refractivity contribution is 6.33. The molecule has 9 heteroatoms. The molecular weight excluding hydrogens is 457 g/mol. The molecule has 0 unspecified atom stereocenters.